The molecule has 0 saturated carbocycles. The minimum Gasteiger partial charge on any atom is -0.363 e. The van der Waals surface area contributed by atoms with Crippen molar-refractivity contribution in [1.29, 1.82) is 0 Å². The zero-order valence-electron chi connectivity index (χ0n) is 16.6. The van der Waals surface area contributed by atoms with Gasteiger partial charge >= 0.3 is 0 Å². The number of rotatable bonds is 5. The van der Waals surface area contributed by atoms with Crippen molar-refractivity contribution < 1.29 is 13.2 Å². The van der Waals surface area contributed by atoms with Gasteiger partial charge in [0, 0.05) is 29.1 Å². The van der Waals surface area contributed by atoms with Gasteiger partial charge in [0.2, 0.25) is 0 Å². The normalized spacial score (nSPS) is 12.4. The minimum atomic E-state index is -2.90. The van der Waals surface area contributed by atoms with Gasteiger partial charge in [-0.25, -0.2) is 33.1 Å². The van der Waals surface area contributed by atoms with E-state index < -0.39 is 23.8 Å². The quantitative estimate of drug-likeness (QED) is 0.367. The van der Waals surface area contributed by atoms with Crippen LogP contribution in [0.25, 0.3) is 22.2 Å². The predicted octanol–water partition coefficient (Wildman–Crippen LogP) is 6.30. The summed E-state index contributed by atoms with van der Waals surface area (Å²) in [5, 5.41) is 4.03. The first kappa shape index (κ1) is 21.0. The van der Waals surface area contributed by atoms with E-state index in [4.69, 9.17) is 11.6 Å². The van der Waals surface area contributed by atoms with Gasteiger partial charge in [0.15, 0.2) is 5.65 Å². The lowest BCUT2D eigenvalue weighted by molar-refractivity contribution is 0.146. The molecule has 0 aliphatic carbocycles. The van der Waals surface area contributed by atoms with E-state index in [0.717, 1.165) is 6.07 Å². The molecule has 0 bridgehead atoms. The van der Waals surface area contributed by atoms with Gasteiger partial charge in [0.05, 0.1) is 17.0 Å². The second-order valence-corrected chi connectivity index (χ2v) is 7.33. The van der Waals surface area contributed by atoms with Gasteiger partial charge in [-0.05, 0) is 32.0 Å². The molecule has 0 radical (unpaired) electrons. The van der Waals surface area contributed by atoms with Crippen LogP contribution in [0.15, 0.2) is 48.8 Å². The van der Waals surface area contributed by atoms with E-state index in [9.17, 15) is 13.2 Å². The molecule has 0 fully saturated rings. The summed E-state index contributed by atoms with van der Waals surface area (Å²) < 4.78 is 40.8. The lowest BCUT2D eigenvalue weighted by Crippen LogP contribution is -2.12. The van der Waals surface area contributed by atoms with Crippen molar-refractivity contribution in [2.24, 2.45) is 0 Å². The van der Waals surface area contributed by atoms with Crippen molar-refractivity contribution >= 4 is 28.5 Å². The van der Waals surface area contributed by atoms with Crippen LogP contribution in [0.5, 0.6) is 0 Å². The van der Waals surface area contributed by atoms with Crippen molar-refractivity contribution in [2.45, 2.75) is 26.3 Å². The molecule has 5 nitrogen and oxygen atoms in total. The van der Waals surface area contributed by atoms with E-state index in [-0.39, 0.29) is 5.56 Å². The number of pyridine rings is 2. The number of benzene rings is 1. The van der Waals surface area contributed by atoms with Gasteiger partial charge in [-0.1, -0.05) is 29.8 Å². The first-order valence-electron chi connectivity index (χ1n) is 9.43. The van der Waals surface area contributed by atoms with Crippen molar-refractivity contribution in [3.63, 3.8) is 0 Å². The molecule has 3 aromatic heterocycles. The number of hydrogen-bond acceptors (Lipinski definition) is 5. The molecule has 3 heterocycles. The van der Waals surface area contributed by atoms with Crippen molar-refractivity contribution in [3.05, 3.63) is 76.7 Å². The van der Waals surface area contributed by atoms with E-state index in [2.05, 4.69) is 25.3 Å². The molecular formula is C22H17ClF3N5. The Morgan fingerprint density at radius 3 is 2.55 bits per heavy atom. The standard InChI is InChI=1S/C22H17ClF3N5/c1-11(14-5-3-6-16(18(14)24)20(25)26)29-22-17-9-13(15-7-4-8-27-19(15)23)10-28-21(17)30-12(2)31-22/h3-11,20H,1-2H3,(H,28,29,30,31)/t11-/m1/s1. The number of anilines is 1. The summed E-state index contributed by atoms with van der Waals surface area (Å²) in [5.74, 6) is -0.0663. The third-order valence-electron chi connectivity index (χ3n) is 4.85. The second-order valence-electron chi connectivity index (χ2n) is 6.97. The van der Waals surface area contributed by atoms with Crippen LogP contribution in [0, 0.1) is 12.7 Å². The van der Waals surface area contributed by atoms with E-state index >= 15 is 0 Å². The molecule has 1 N–H and O–H groups in total. The van der Waals surface area contributed by atoms with Gasteiger partial charge in [-0.3, -0.25) is 0 Å². The Morgan fingerprint density at radius 1 is 1.03 bits per heavy atom. The third kappa shape index (κ3) is 4.16. The average molecular weight is 444 g/mol. The van der Waals surface area contributed by atoms with Gasteiger partial charge in [-0.15, -0.1) is 0 Å². The lowest BCUT2D eigenvalue weighted by Gasteiger charge is -2.18. The summed E-state index contributed by atoms with van der Waals surface area (Å²) >= 11 is 6.21. The smallest absolute Gasteiger partial charge is 0.266 e. The maximum Gasteiger partial charge on any atom is 0.266 e. The van der Waals surface area contributed by atoms with Crippen molar-refractivity contribution in [3.8, 4) is 11.1 Å². The van der Waals surface area contributed by atoms with E-state index in [1.54, 1.807) is 32.3 Å². The summed E-state index contributed by atoms with van der Waals surface area (Å²) in [6.45, 7) is 3.38. The molecule has 0 amide bonds. The molecular weight excluding hydrogens is 427 g/mol. The SMILES string of the molecule is Cc1nc(N[C@H](C)c2cccc(C(F)F)c2F)c2cc(-c3cccnc3Cl)cnc2n1. The fraction of sp³-hybridized carbons (Fsp3) is 0.182. The van der Waals surface area contributed by atoms with E-state index in [1.807, 2.05) is 12.1 Å². The van der Waals surface area contributed by atoms with Crippen LogP contribution in [0.3, 0.4) is 0 Å². The Hall–Kier alpha value is -3.26. The highest BCUT2D eigenvalue weighted by molar-refractivity contribution is 6.32. The van der Waals surface area contributed by atoms with Gasteiger partial charge in [0.1, 0.15) is 22.6 Å². The van der Waals surface area contributed by atoms with Crippen LogP contribution in [-0.2, 0) is 0 Å². The fourth-order valence-electron chi connectivity index (χ4n) is 3.33. The van der Waals surface area contributed by atoms with Crippen molar-refractivity contribution in [2.75, 3.05) is 5.32 Å². The summed E-state index contributed by atoms with van der Waals surface area (Å²) in [5.41, 5.74) is 1.31. The second kappa shape index (κ2) is 8.47. The Bertz CT molecular complexity index is 1270. The zero-order chi connectivity index (χ0) is 22.1. The average Bonchev–Trinajstić information content (AvgIpc) is 2.73. The van der Waals surface area contributed by atoms with Gasteiger partial charge in [0.25, 0.3) is 6.43 Å². The van der Waals surface area contributed by atoms with Crippen LogP contribution >= 0.6 is 11.6 Å². The van der Waals surface area contributed by atoms with Crippen molar-refractivity contribution in [1.82, 2.24) is 19.9 Å². The van der Waals surface area contributed by atoms with Crippen LogP contribution in [0.2, 0.25) is 5.15 Å². The number of nitrogens with zero attached hydrogens (tertiary/aromatic N) is 4. The first-order chi connectivity index (χ1) is 14.8. The summed E-state index contributed by atoms with van der Waals surface area (Å²) in [6, 6.07) is 8.70. The molecule has 31 heavy (non-hydrogen) atoms. The highest BCUT2D eigenvalue weighted by atomic mass is 35.5. The topological polar surface area (TPSA) is 63.6 Å². The highest BCUT2D eigenvalue weighted by Crippen LogP contribution is 2.32. The molecule has 0 saturated heterocycles. The van der Waals surface area contributed by atoms with E-state index in [0.29, 0.717) is 39.0 Å². The van der Waals surface area contributed by atoms with Crippen LogP contribution in [0.1, 0.15) is 36.3 Å². The Morgan fingerprint density at radius 2 is 1.81 bits per heavy atom. The number of halogens is 4. The highest BCUT2D eigenvalue weighted by Gasteiger charge is 2.20. The molecule has 1 aromatic carbocycles. The minimum absolute atomic E-state index is 0.113. The fourth-order valence-corrected chi connectivity index (χ4v) is 3.56. The summed E-state index contributed by atoms with van der Waals surface area (Å²) in [4.78, 5) is 17.3. The molecule has 4 aromatic rings. The monoisotopic (exact) mass is 443 g/mol. The molecule has 0 aliphatic heterocycles. The number of nitrogens with one attached hydrogen (secondary N) is 1. The largest absolute Gasteiger partial charge is 0.363 e. The predicted molar refractivity (Wildman–Crippen MR) is 114 cm³/mol. The Labute approximate surface area is 181 Å². The molecule has 0 unspecified atom stereocenters. The summed E-state index contributed by atoms with van der Waals surface area (Å²) in [7, 11) is 0. The molecule has 158 valence electrons. The maximum atomic E-state index is 14.6. The molecule has 1 atom stereocenters. The number of fused-ring (bicyclic) bond motifs is 1. The van der Waals surface area contributed by atoms with Crippen LogP contribution in [-0.4, -0.2) is 19.9 Å². The van der Waals surface area contributed by atoms with Crippen LogP contribution in [0.4, 0.5) is 19.0 Å². The molecule has 0 aliphatic rings. The first-order valence-corrected chi connectivity index (χ1v) is 9.81. The lowest BCUT2D eigenvalue weighted by atomic mass is 10.0. The van der Waals surface area contributed by atoms with Gasteiger partial charge in [-0.2, -0.15) is 0 Å². The number of hydrogen-bond donors (Lipinski definition) is 1. The number of aromatic nitrogens is 4. The molecule has 9 heteroatoms. The molecule has 4 rings (SSSR count). The zero-order valence-corrected chi connectivity index (χ0v) is 17.3. The Balaban J connectivity index is 1.78. The number of aryl methyl sites for hydroxylation is 1. The third-order valence-corrected chi connectivity index (χ3v) is 5.15. The maximum absolute atomic E-state index is 14.6. The Kier molecular flexibility index (Phi) is 5.73. The van der Waals surface area contributed by atoms with E-state index in [1.165, 1.54) is 12.1 Å². The summed E-state index contributed by atoms with van der Waals surface area (Å²) in [6.07, 6.45) is 0.324. The van der Waals surface area contributed by atoms with Gasteiger partial charge < -0.3 is 5.32 Å². The molecule has 0 spiro atoms. The van der Waals surface area contributed by atoms with Crippen LogP contribution < -0.4 is 5.32 Å². The number of alkyl halides is 2.